The van der Waals surface area contributed by atoms with Gasteiger partial charge in [-0.25, -0.2) is 4.79 Å². The molecule has 1 aromatic rings. The van der Waals surface area contributed by atoms with Gasteiger partial charge in [-0.05, 0) is 44.0 Å². The predicted octanol–water partition coefficient (Wildman–Crippen LogP) is 2.25. The van der Waals surface area contributed by atoms with Crippen LogP contribution in [0.4, 0.5) is 10.5 Å². The first kappa shape index (κ1) is 15.2. The number of likely N-dealkylation sites (tertiary alicyclic amines) is 1. The highest BCUT2D eigenvalue weighted by atomic mass is 16.5. The summed E-state index contributed by atoms with van der Waals surface area (Å²) in [6.07, 6.45) is 0.994. The average molecular weight is 292 g/mol. The third-order valence-electron chi connectivity index (χ3n) is 3.40. The molecule has 0 radical (unpaired) electrons. The Morgan fingerprint density at radius 2 is 2.05 bits per heavy atom. The van der Waals surface area contributed by atoms with Crippen molar-refractivity contribution in [1.82, 2.24) is 4.90 Å². The Balaban J connectivity index is 1.98. The maximum Gasteiger partial charge on any atom is 0.410 e. The van der Waals surface area contributed by atoms with Crippen LogP contribution in [0.3, 0.4) is 0 Å². The van der Waals surface area contributed by atoms with E-state index in [0.29, 0.717) is 25.3 Å². The lowest BCUT2D eigenvalue weighted by molar-refractivity contribution is -0.119. The summed E-state index contributed by atoms with van der Waals surface area (Å²) >= 11 is 0. The van der Waals surface area contributed by atoms with Crippen molar-refractivity contribution in [3.63, 3.8) is 0 Å². The summed E-state index contributed by atoms with van der Waals surface area (Å²) in [5.41, 5.74) is 0.681. The molecule has 1 fully saturated rings. The number of benzene rings is 1. The maximum absolute atomic E-state index is 12.3. The van der Waals surface area contributed by atoms with Crippen molar-refractivity contribution in [3.05, 3.63) is 24.3 Å². The van der Waals surface area contributed by atoms with E-state index in [2.05, 4.69) is 5.32 Å². The third-order valence-corrected chi connectivity index (χ3v) is 3.40. The number of anilines is 1. The summed E-state index contributed by atoms with van der Waals surface area (Å²) in [5, 5.41) is 2.82. The third kappa shape index (κ3) is 3.65. The van der Waals surface area contributed by atoms with Crippen LogP contribution in [-0.2, 0) is 9.53 Å². The van der Waals surface area contributed by atoms with E-state index < -0.39 is 12.1 Å². The van der Waals surface area contributed by atoms with E-state index in [-0.39, 0.29) is 5.91 Å². The lowest BCUT2D eigenvalue weighted by atomic mass is 10.2. The molecular weight excluding hydrogens is 272 g/mol. The molecule has 0 bridgehead atoms. The van der Waals surface area contributed by atoms with Crippen LogP contribution in [0, 0.1) is 0 Å². The van der Waals surface area contributed by atoms with Gasteiger partial charge in [0, 0.05) is 12.2 Å². The molecule has 0 aliphatic carbocycles. The number of amides is 2. The zero-order chi connectivity index (χ0) is 15.2. The summed E-state index contributed by atoms with van der Waals surface area (Å²) in [6.45, 7) is 3.06. The van der Waals surface area contributed by atoms with E-state index in [1.54, 1.807) is 24.3 Å². The van der Waals surface area contributed by atoms with Gasteiger partial charge in [0.25, 0.3) is 0 Å². The van der Waals surface area contributed by atoms with Gasteiger partial charge in [0.15, 0.2) is 0 Å². The molecule has 1 aliphatic heterocycles. The van der Waals surface area contributed by atoms with E-state index in [1.807, 2.05) is 6.92 Å². The topological polar surface area (TPSA) is 67.9 Å². The highest BCUT2D eigenvalue weighted by Crippen LogP contribution is 2.21. The van der Waals surface area contributed by atoms with Crippen molar-refractivity contribution in [2.75, 3.05) is 25.6 Å². The maximum atomic E-state index is 12.3. The number of hydrogen-bond acceptors (Lipinski definition) is 4. The second kappa shape index (κ2) is 6.97. The van der Waals surface area contributed by atoms with Gasteiger partial charge < -0.3 is 14.8 Å². The van der Waals surface area contributed by atoms with Crippen LogP contribution in [0.5, 0.6) is 5.75 Å². The average Bonchev–Trinajstić information content (AvgIpc) is 2.98. The number of carbonyl (C=O) groups excluding carboxylic acids is 2. The first-order chi connectivity index (χ1) is 10.2. The molecule has 21 heavy (non-hydrogen) atoms. The minimum Gasteiger partial charge on any atom is -0.494 e. The molecule has 1 N–H and O–H groups in total. The normalized spacial score (nSPS) is 17.4. The van der Waals surface area contributed by atoms with Crippen molar-refractivity contribution in [2.24, 2.45) is 0 Å². The van der Waals surface area contributed by atoms with E-state index in [0.717, 1.165) is 12.2 Å². The number of nitrogens with one attached hydrogen (secondary N) is 1. The van der Waals surface area contributed by atoms with Crippen LogP contribution in [0.25, 0.3) is 0 Å². The summed E-state index contributed by atoms with van der Waals surface area (Å²) in [5.74, 6) is 0.564. The molecule has 0 aromatic heterocycles. The van der Waals surface area contributed by atoms with Gasteiger partial charge in [-0.2, -0.15) is 0 Å². The van der Waals surface area contributed by atoms with Crippen LogP contribution in [0.1, 0.15) is 19.8 Å². The Kier molecular flexibility index (Phi) is 5.03. The molecule has 1 atom stereocenters. The Morgan fingerprint density at radius 1 is 1.33 bits per heavy atom. The first-order valence-corrected chi connectivity index (χ1v) is 7.04. The molecular formula is C15H20N2O4. The second-order valence-corrected chi connectivity index (χ2v) is 4.77. The first-order valence-electron chi connectivity index (χ1n) is 7.04. The molecule has 1 saturated heterocycles. The monoisotopic (exact) mass is 292 g/mol. The van der Waals surface area contributed by atoms with Crippen LogP contribution < -0.4 is 10.1 Å². The van der Waals surface area contributed by atoms with E-state index >= 15 is 0 Å². The standard InChI is InChI=1S/C15H20N2O4/c1-3-21-12-8-6-11(7-9-12)16-14(18)13-5-4-10-17(13)15(19)20-2/h6-9,13H,3-5,10H2,1-2H3,(H,16,18). The molecule has 0 spiro atoms. The minimum absolute atomic E-state index is 0.193. The molecule has 114 valence electrons. The SMILES string of the molecule is CCOc1ccc(NC(=O)C2CCCN2C(=O)OC)cc1. The quantitative estimate of drug-likeness (QED) is 0.924. The molecule has 6 heteroatoms. The van der Waals surface area contributed by atoms with Crippen molar-refractivity contribution in [2.45, 2.75) is 25.8 Å². The summed E-state index contributed by atoms with van der Waals surface area (Å²) in [7, 11) is 1.32. The van der Waals surface area contributed by atoms with Crippen LogP contribution in [-0.4, -0.2) is 43.2 Å². The van der Waals surface area contributed by atoms with Crippen LogP contribution in [0.2, 0.25) is 0 Å². The van der Waals surface area contributed by atoms with Crippen molar-refractivity contribution >= 4 is 17.7 Å². The van der Waals surface area contributed by atoms with Crippen molar-refractivity contribution in [1.29, 1.82) is 0 Å². The van der Waals surface area contributed by atoms with Gasteiger partial charge in [-0.3, -0.25) is 9.69 Å². The molecule has 1 heterocycles. The van der Waals surface area contributed by atoms with Gasteiger partial charge in [0.1, 0.15) is 11.8 Å². The van der Waals surface area contributed by atoms with Gasteiger partial charge in [-0.15, -0.1) is 0 Å². The van der Waals surface area contributed by atoms with Crippen molar-refractivity contribution in [3.8, 4) is 5.75 Å². The number of ether oxygens (including phenoxy) is 2. The molecule has 1 aliphatic rings. The Morgan fingerprint density at radius 3 is 2.67 bits per heavy atom. The van der Waals surface area contributed by atoms with E-state index in [1.165, 1.54) is 12.0 Å². The highest BCUT2D eigenvalue weighted by molar-refractivity contribution is 5.96. The summed E-state index contributed by atoms with van der Waals surface area (Å²) in [6, 6.07) is 6.68. The number of hydrogen-bond donors (Lipinski definition) is 1. The van der Waals surface area contributed by atoms with Gasteiger partial charge in [0.05, 0.1) is 13.7 Å². The summed E-state index contributed by atoms with van der Waals surface area (Å²) < 4.78 is 10.0. The van der Waals surface area contributed by atoms with Crippen molar-refractivity contribution < 1.29 is 19.1 Å². The fraction of sp³-hybridized carbons (Fsp3) is 0.467. The zero-order valence-corrected chi connectivity index (χ0v) is 12.3. The second-order valence-electron chi connectivity index (χ2n) is 4.77. The lowest BCUT2D eigenvalue weighted by Gasteiger charge is -2.22. The minimum atomic E-state index is -0.469. The van der Waals surface area contributed by atoms with Gasteiger partial charge in [-0.1, -0.05) is 0 Å². The molecule has 1 aromatic carbocycles. The molecule has 2 rings (SSSR count). The number of carbonyl (C=O) groups is 2. The zero-order valence-electron chi connectivity index (χ0n) is 12.3. The van der Waals surface area contributed by atoms with Gasteiger partial charge in [0.2, 0.25) is 5.91 Å². The Bertz CT molecular complexity index is 501. The lowest BCUT2D eigenvalue weighted by Crippen LogP contribution is -2.43. The predicted molar refractivity (Wildman–Crippen MR) is 78.4 cm³/mol. The fourth-order valence-electron chi connectivity index (χ4n) is 2.40. The molecule has 2 amide bonds. The van der Waals surface area contributed by atoms with Crippen LogP contribution in [0.15, 0.2) is 24.3 Å². The largest absolute Gasteiger partial charge is 0.494 e. The highest BCUT2D eigenvalue weighted by Gasteiger charge is 2.34. The fourth-order valence-corrected chi connectivity index (χ4v) is 2.40. The number of methoxy groups -OCH3 is 1. The van der Waals surface area contributed by atoms with Crippen LogP contribution >= 0.6 is 0 Å². The molecule has 6 nitrogen and oxygen atoms in total. The van der Waals surface area contributed by atoms with E-state index in [4.69, 9.17) is 9.47 Å². The molecule has 0 saturated carbocycles. The summed E-state index contributed by atoms with van der Waals surface area (Å²) in [4.78, 5) is 25.3. The Hall–Kier alpha value is -2.24. The smallest absolute Gasteiger partial charge is 0.410 e. The number of rotatable bonds is 4. The Labute approximate surface area is 124 Å². The van der Waals surface area contributed by atoms with E-state index in [9.17, 15) is 9.59 Å². The molecule has 1 unspecified atom stereocenters. The van der Waals surface area contributed by atoms with Gasteiger partial charge >= 0.3 is 6.09 Å². The number of nitrogens with zero attached hydrogens (tertiary/aromatic N) is 1.